The Hall–Kier alpha value is -3.06. The van der Waals surface area contributed by atoms with E-state index in [2.05, 4.69) is 4.98 Å². The molecule has 2 aromatic carbocycles. The van der Waals surface area contributed by atoms with Gasteiger partial charge in [0.05, 0.1) is 21.2 Å². The van der Waals surface area contributed by atoms with Crippen LogP contribution in [0.2, 0.25) is 0 Å². The Labute approximate surface area is 154 Å². The molecule has 1 atom stereocenters. The van der Waals surface area contributed by atoms with E-state index in [1.54, 1.807) is 41.5 Å². The first-order valence-electron chi connectivity index (χ1n) is 8.00. The second-order valence-corrected chi connectivity index (χ2v) is 6.89. The van der Waals surface area contributed by atoms with Gasteiger partial charge < -0.3 is 4.90 Å². The predicted molar refractivity (Wildman–Crippen MR) is 103 cm³/mol. The van der Waals surface area contributed by atoms with Gasteiger partial charge in [-0.3, -0.25) is 14.9 Å². The van der Waals surface area contributed by atoms with E-state index in [1.807, 2.05) is 31.2 Å². The molecule has 0 aliphatic carbocycles. The molecule has 1 aromatic heterocycles. The van der Waals surface area contributed by atoms with Crippen molar-refractivity contribution in [2.75, 3.05) is 7.05 Å². The third kappa shape index (κ3) is 3.78. The standard InChI is InChI=1S/C19H17N3O3S/c1-13(19-20-16-8-3-4-9-17(16)26-19)21(2)18(23)11-10-14-6-5-7-15(12-14)22(24)25/h3-13H,1-2H3/b11-10+/t13-/m0/s1. The van der Waals surface area contributed by atoms with Crippen LogP contribution in [0.5, 0.6) is 0 Å². The van der Waals surface area contributed by atoms with Crippen LogP contribution in [-0.4, -0.2) is 27.8 Å². The van der Waals surface area contributed by atoms with Crippen LogP contribution in [0, 0.1) is 10.1 Å². The minimum Gasteiger partial charge on any atom is -0.333 e. The average Bonchev–Trinajstić information content (AvgIpc) is 3.09. The van der Waals surface area contributed by atoms with Gasteiger partial charge in [-0.1, -0.05) is 24.3 Å². The predicted octanol–water partition coefficient (Wildman–Crippen LogP) is 4.44. The maximum atomic E-state index is 12.4. The van der Waals surface area contributed by atoms with E-state index in [4.69, 9.17) is 0 Å². The number of para-hydroxylation sites is 1. The summed E-state index contributed by atoms with van der Waals surface area (Å²) in [5, 5.41) is 11.7. The highest BCUT2D eigenvalue weighted by molar-refractivity contribution is 7.18. The largest absolute Gasteiger partial charge is 0.333 e. The number of benzene rings is 2. The van der Waals surface area contributed by atoms with Gasteiger partial charge in [0.2, 0.25) is 5.91 Å². The maximum Gasteiger partial charge on any atom is 0.270 e. The summed E-state index contributed by atoms with van der Waals surface area (Å²) in [6, 6.07) is 13.8. The first-order chi connectivity index (χ1) is 12.5. The summed E-state index contributed by atoms with van der Waals surface area (Å²) in [6.45, 7) is 1.93. The second-order valence-electron chi connectivity index (χ2n) is 5.83. The van der Waals surface area contributed by atoms with Crippen LogP contribution in [0.1, 0.15) is 23.5 Å². The fraction of sp³-hybridized carbons (Fsp3) is 0.158. The smallest absolute Gasteiger partial charge is 0.270 e. The number of amides is 1. The molecule has 0 fully saturated rings. The minimum absolute atomic E-state index is 0.00389. The molecule has 3 rings (SSSR count). The van der Waals surface area contributed by atoms with Crippen LogP contribution < -0.4 is 0 Å². The van der Waals surface area contributed by atoms with Gasteiger partial charge in [-0.2, -0.15) is 0 Å². The van der Waals surface area contributed by atoms with Gasteiger partial charge in [0, 0.05) is 25.3 Å². The third-order valence-electron chi connectivity index (χ3n) is 4.10. The summed E-state index contributed by atoms with van der Waals surface area (Å²) in [4.78, 5) is 29.0. The number of fused-ring (bicyclic) bond motifs is 1. The summed E-state index contributed by atoms with van der Waals surface area (Å²) in [7, 11) is 1.72. The number of hydrogen-bond acceptors (Lipinski definition) is 5. The molecule has 0 saturated heterocycles. The van der Waals surface area contributed by atoms with Crippen molar-refractivity contribution in [3.05, 3.63) is 75.3 Å². The van der Waals surface area contributed by atoms with Crippen molar-refractivity contribution in [1.29, 1.82) is 0 Å². The zero-order valence-corrected chi connectivity index (χ0v) is 15.1. The number of nitro benzene ring substituents is 1. The Morgan fingerprint density at radius 1 is 1.27 bits per heavy atom. The number of rotatable bonds is 5. The zero-order valence-electron chi connectivity index (χ0n) is 14.3. The number of nitrogens with zero attached hydrogens (tertiary/aromatic N) is 3. The van der Waals surface area contributed by atoms with E-state index < -0.39 is 4.92 Å². The third-order valence-corrected chi connectivity index (χ3v) is 5.30. The summed E-state index contributed by atoms with van der Waals surface area (Å²) >= 11 is 1.57. The summed E-state index contributed by atoms with van der Waals surface area (Å²) in [5.41, 5.74) is 1.52. The first-order valence-corrected chi connectivity index (χ1v) is 8.82. The van der Waals surface area contributed by atoms with Gasteiger partial charge in [0.1, 0.15) is 5.01 Å². The number of non-ortho nitro benzene ring substituents is 1. The number of carbonyl (C=O) groups excluding carboxylic acids is 1. The van der Waals surface area contributed by atoms with Crippen molar-refractivity contribution < 1.29 is 9.72 Å². The van der Waals surface area contributed by atoms with E-state index >= 15 is 0 Å². The van der Waals surface area contributed by atoms with E-state index in [1.165, 1.54) is 18.2 Å². The van der Waals surface area contributed by atoms with Crippen molar-refractivity contribution in [1.82, 2.24) is 9.88 Å². The Bertz CT molecular complexity index is 963. The lowest BCUT2D eigenvalue weighted by Gasteiger charge is -2.21. The molecule has 3 aromatic rings. The number of likely N-dealkylation sites (N-methyl/N-ethyl adjacent to an activating group) is 1. The van der Waals surface area contributed by atoms with E-state index in [9.17, 15) is 14.9 Å². The quantitative estimate of drug-likeness (QED) is 0.379. The Kier molecular flexibility index (Phi) is 5.09. The van der Waals surface area contributed by atoms with Crippen LogP contribution >= 0.6 is 11.3 Å². The van der Waals surface area contributed by atoms with Crippen molar-refractivity contribution >= 4 is 39.2 Å². The second kappa shape index (κ2) is 7.45. The van der Waals surface area contributed by atoms with E-state index in [0.29, 0.717) is 5.56 Å². The van der Waals surface area contributed by atoms with Gasteiger partial charge >= 0.3 is 0 Å². The minimum atomic E-state index is -0.458. The highest BCUT2D eigenvalue weighted by Crippen LogP contribution is 2.29. The van der Waals surface area contributed by atoms with E-state index in [0.717, 1.165) is 15.2 Å². The molecule has 132 valence electrons. The summed E-state index contributed by atoms with van der Waals surface area (Å²) < 4.78 is 1.09. The summed E-state index contributed by atoms with van der Waals surface area (Å²) in [6.07, 6.45) is 3.00. The molecule has 26 heavy (non-hydrogen) atoms. The fourth-order valence-electron chi connectivity index (χ4n) is 2.45. The van der Waals surface area contributed by atoms with E-state index in [-0.39, 0.29) is 17.6 Å². The molecule has 1 heterocycles. The lowest BCUT2D eigenvalue weighted by molar-refractivity contribution is -0.384. The van der Waals surface area contributed by atoms with Gasteiger partial charge in [-0.25, -0.2) is 4.98 Å². The number of thiazole rings is 1. The fourth-order valence-corrected chi connectivity index (χ4v) is 3.52. The SMILES string of the molecule is C[C@@H](c1nc2ccccc2s1)N(C)C(=O)/C=C/c1cccc([N+](=O)[O-])c1. The molecule has 7 heteroatoms. The van der Waals surface area contributed by atoms with Crippen molar-refractivity contribution in [2.45, 2.75) is 13.0 Å². The van der Waals surface area contributed by atoms with Crippen LogP contribution in [0.15, 0.2) is 54.6 Å². The van der Waals surface area contributed by atoms with Gasteiger partial charge in [-0.05, 0) is 30.7 Å². The molecule has 0 bridgehead atoms. The molecule has 0 saturated carbocycles. The number of hydrogen-bond donors (Lipinski definition) is 0. The van der Waals surface area contributed by atoms with Crippen LogP contribution in [0.3, 0.4) is 0 Å². The van der Waals surface area contributed by atoms with Crippen molar-refractivity contribution in [2.24, 2.45) is 0 Å². The molecule has 0 spiro atoms. The Morgan fingerprint density at radius 2 is 2.04 bits per heavy atom. The van der Waals surface area contributed by atoms with Crippen molar-refractivity contribution in [3.8, 4) is 0 Å². The lowest BCUT2D eigenvalue weighted by atomic mass is 10.2. The average molecular weight is 367 g/mol. The van der Waals surface area contributed by atoms with Crippen molar-refractivity contribution in [3.63, 3.8) is 0 Å². The molecule has 0 N–H and O–H groups in total. The number of nitro groups is 1. The number of aromatic nitrogens is 1. The summed E-state index contributed by atoms with van der Waals surface area (Å²) in [5.74, 6) is -0.191. The highest BCUT2D eigenvalue weighted by atomic mass is 32.1. The van der Waals surface area contributed by atoms with Crippen LogP contribution in [0.4, 0.5) is 5.69 Å². The van der Waals surface area contributed by atoms with Gasteiger partial charge in [0.15, 0.2) is 0 Å². The molecule has 0 unspecified atom stereocenters. The van der Waals surface area contributed by atoms with Gasteiger partial charge in [-0.15, -0.1) is 11.3 Å². The number of carbonyl (C=O) groups is 1. The highest BCUT2D eigenvalue weighted by Gasteiger charge is 2.19. The molecule has 0 aliphatic rings. The normalized spacial score (nSPS) is 12.4. The molecule has 0 radical (unpaired) electrons. The lowest BCUT2D eigenvalue weighted by Crippen LogP contribution is -2.27. The zero-order chi connectivity index (χ0) is 18.7. The first kappa shape index (κ1) is 17.8. The Morgan fingerprint density at radius 3 is 2.77 bits per heavy atom. The Balaban J connectivity index is 1.74. The molecule has 6 nitrogen and oxygen atoms in total. The van der Waals surface area contributed by atoms with Crippen LogP contribution in [0.25, 0.3) is 16.3 Å². The van der Waals surface area contributed by atoms with Crippen LogP contribution in [-0.2, 0) is 4.79 Å². The molecular weight excluding hydrogens is 350 g/mol. The van der Waals surface area contributed by atoms with Gasteiger partial charge in [0.25, 0.3) is 5.69 Å². The monoisotopic (exact) mass is 367 g/mol. The molecule has 1 amide bonds. The maximum absolute atomic E-state index is 12.4. The topological polar surface area (TPSA) is 76.3 Å². The molecular formula is C19H17N3O3S. The molecule has 0 aliphatic heterocycles.